The molecule has 6 rings (SSSR count). The zero-order valence-corrected chi connectivity index (χ0v) is 19.2. The van der Waals surface area contributed by atoms with Gasteiger partial charge >= 0.3 is 0 Å². The van der Waals surface area contributed by atoms with Crippen LogP contribution < -0.4 is 20.3 Å². The van der Waals surface area contributed by atoms with Gasteiger partial charge in [0.2, 0.25) is 10.0 Å². The van der Waals surface area contributed by atoms with Crippen molar-refractivity contribution in [2.24, 2.45) is 0 Å². The van der Waals surface area contributed by atoms with E-state index in [9.17, 15) is 8.42 Å². The third-order valence-electron chi connectivity index (χ3n) is 6.12. The van der Waals surface area contributed by atoms with Gasteiger partial charge in [0.05, 0.1) is 29.3 Å². The van der Waals surface area contributed by atoms with Crippen molar-refractivity contribution in [3.8, 4) is 5.69 Å². The van der Waals surface area contributed by atoms with Gasteiger partial charge in [-0.3, -0.25) is 9.71 Å². The Morgan fingerprint density at radius 1 is 1.12 bits per heavy atom. The second-order valence-electron chi connectivity index (χ2n) is 8.60. The lowest BCUT2D eigenvalue weighted by molar-refractivity contribution is 0.576. The maximum absolute atomic E-state index is 11.8. The van der Waals surface area contributed by atoms with Gasteiger partial charge < -0.3 is 15.5 Å². The van der Waals surface area contributed by atoms with E-state index in [2.05, 4.69) is 35.2 Å². The van der Waals surface area contributed by atoms with Gasteiger partial charge in [0, 0.05) is 55.2 Å². The molecule has 0 saturated carbocycles. The van der Waals surface area contributed by atoms with Crippen LogP contribution in [0.25, 0.3) is 16.6 Å². The molecule has 0 spiro atoms. The second-order valence-corrected chi connectivity index (χ2v) is 10.3. The fourth-order valence-corrected chi connectivity index (χ4v) is 5.26. The predicted molar refractivity (Wildman–Crippen MR) is 130 cm³/mol. The van der Waals surface area contributed by atoms with Crippen LogP contribution in [0.15, 0.2) is 55.1 Å². The standard InChI is InChI=1S/C22H23N9O2S/c1-34(32,33)29-14-2-3-18-19(9-14)31(28-22(18)27-20-12-23-6-7-24-20)16-4-5-25-21(10-16)30-13-15-8-17(30)11-26-15/h2-7,9-10,12,15,17,26,29H,8,11,13H2,1H3,(H,24,27,28)/t15-,17-/m0/s1. The van der Waals surface area contributed by atoms with Crippen LogP contribution in [0, 0.1) is 0 Å². The second kappa shape index (κ2) is 7.92. The lowest BCUT2D eigenvalue weighted by Crippen LogP contribution is -2.44. The number of aromatic nitrogens is 5. The van der Waals surface area contributed by atoms with Crippen LogP contribution in [0.3, 0.4) is 0 Å². The van der Waals surface area contributed by atoms with Gasteiger partial charge in [-0.1, -0.05) is 0 Å². The summed E-state index contributed by atoms with van der Waals surface area (Å²) in [5.74, 6) is 2.05. The van der Waals surface area contributed by atoms with Crippen molar-refractivity contribution in [2.75, 3.05) is 34.3 Å². The Hall–Kier alpha value is -3.77. The largest absolute Gasteiger partial charge is 0.351 e. The van der Waals surface area contributed by atoms with E-state index >= 15 is 0 Å². The van der Waals surface area contributed by atoms with Gasteiger partial charge in [0.1, 0.15) is 11.6 Å². The Balaban J connectivity index is 1.45. The summed E-state index contributed by atoms with van der Waals surface area (Å²) >= 11 is 0. The molecule has 2 saturated heterocycles. The summed E-state index contributed by atoms with van der Waals surface area (Å²) in [6.07, 6.45) is 8.86. The number of hydrogen-bond donors (Lipinski definition) is 3. The molecule has 1 aromatic carbocycles. The first-order chi connectivity index (χ1) is 16.4. The number of pyridine rings is 1. The number of sulfonamides is 1. The van der Waals surface area contributed by atoms with Crippen LogP contribution in [0.4, 0.5) is 23.1 Å². The molecule has 174 valence electrons. The van der Waals surface area contributed by atoms with E-state index in [-0.39, 0.29) is 0 Å². The molecule has 0 amide bonds. The molecule has 2 fully saturated rings. The van der Waals surface area contributed by atoms with E-state index in [4.69, 9.17) is 5.10 Å². The Morgan fingerprint density at radius 3 is 2.76 bits per heavy atom. The minimum Gasteiger partial charge on any atom is -0.351 e. The Kier molecular flexibility index (Phi) is 4.85. The quantitative estimate of drug-likeness (QED) is 0.381. The molecule has 3 N–H and O–H groups in total. The minimum absolute atomic E-state index is 0.446. The molecular weight excluding hydrogens is 454 g/mol. The number of nitrogens with zero attached hydrogens (tertiary/aromatic N) is 6. The van der Waals surface area contributed by atoms with Gasteiger partial charge in [0.25, 0.3) is 0 Å². The van der Waals surface area contributed by atoms with Crippen LogP contribution in [0.5, 0.6) is 0 Å². The van der Waals surface area contributed by atoms with Crippen molar-refractivity contribution in [3.05, 3.63) is 55.1 Å². The number of fused-ring (bicyclic) bond motifs is 3. The highest BCUT2D eigenvalue weighted by Crippen LogP contribution is 2.32. The van der Waals surface area contributed by atoms with Crippen molar-refractivity contribution in [1.29, 1.82) is 0 Å². The average molecular weight is 478 g/mol. The molecule has 3 aromatic heterocycles. The molecular formula is C22H23N9O2S. The lowest BCUT2D eigenvalue weighted by atomic mass is 10.2. The van der Waals surface area contributed by atoms with Crippen LogP contribution >= 0.6 is 0 Å². The fourth-order valence-electron chi connectivity index (χ4n) is 4.70. The monoisotopic (exact) mass is 477 g/mol. The van der Waals surface area contributed by atoms with E-state index < -0.39 is 10.0 Å². The summed E-state index contributed by atoms with van der Waals surface area (Å²) in [6.45, 7) is 1.90. The Morgan fingerprint density at radius 2 is 2.03 bits per heavy atom. The number of rotatable bonds is 6. The lowest BCUT2D eigenvalue weighted by Gasteiger charge is -2.28. The van der Waals surface area contributed by atoms with Gasteiger partial charge in [0.15, 0.2) is 5.82 Å². The van der Waals surface area contributed by atoms with Gasteiger partial charge in [-0.2, -0.15) is 0 Å². The summed E-state index contributed by atoms with van der Waals surface area (Å²) in [5, 5.41) is 12.4. The van der Waals surface area contributed by atoms with Crippen molar-refractivity contribution >= 4 is 44.1 Å². The van der Waals surface area contributed by atoms with Gasteiger partial charge in [-0.25, -0.2) is 23.1 Å². The molecule has 11 nitrogen and oxygen atoms in total. The molecule has 5 heterocycles. The van der Waals surface area contributed by atoms with E-state index in [1.807, 2.05) is 18.2 Å². The predicted octanol–water partition coefficient (Wildman–Crippen LogP) is 1.88. The van der Waals surface area contributed by atoms with E-state index in [1.54, 1.807) is 41.6 Å². The topological polar surface area (TPSA) is 130 Å². The third kappa shape index (κ3) is 3.90. The first-order valence-corrected chi connectivity index (χ1v) is 12.8. The molecule has 0 aliphatic carbocycles. The fraction of sp³-hybridized carbons (Fsp3) is 0.273. The maximum atomic E-state index is 11.8. The smallest absolute Gasteiger partial charge is 0.229 e. The van der Waals surface area contributed by atoms with Crippen LogP contribution in [-0.2, 0) is 10.0 Å². The van der Waals surface area contributed by atoms with Gasteiger partial charge in [-0.15, -0.1) is 5.10 Å². The number of benzene rings is 1. The number of piperazine rings is 1. The van der Waals surface area contributed by atoms with Crippen molar-refractivity contribution in [3.63, 3.8) is 0 Å². The molecule has 12 heteroatoms. The average Bonchev–Trinajstić information content (AvgIpc) is 3.54. The van der Waals surface area contributed by atoms with E-state index in [0.717, 1.165) is 48.2 Å². The Labute approximate surface area is 196 Å². The number of anilines is 4. The third-order valence-corrected chi connectivity index (χ3v) is 6.72. The zero-order valence-electron chi connectivity index (χ0n) is 18.4. The SMILES string of the molecule is CS(=O)(=O)Nc1ccc2c(Nc3cnccn3)nn(-c3ccnc(N4C[C@@H]5C[C@H]4CN5)c3)c2c1. The Bertz CT molecular complexity index is 1470. The van der Waals surface area contributed by atoms with Crippen LogP contribution in [0.2, 0.25) is 0 Å². The number of hydrogen-bond acceptors (Lipinski definition) is 9. The normalized spacial score (nSPS) is 19.6. The summed E-state index contributed by atoms with van der Waals surface area (Å²) in [4.78, 5) is 15.3. The van der Waals surface area contributed by atoms with Crippen LogP contribution in [-0.4, -0.2) is 64.6 Å². The molecule has 2 bridgehead atoms. The van der Waals surface area contributed by atoms with Crippen molar-refractivity contribution in [1.82, 2.24) is 30.0 Å². The summed E-state index contributed by atoms with van der Waals surface area (Å²) in [6, 6.07) is 10.2. The van der Waals surface area contributed by atoms with E-state index in [1.165, 1.54) is 0 Å². The van der Waals surface area contributed by atoms with Crippen molar-refractivity contribution < 1.29 is 8.42 Å². The molecule has 0 radical (unpaired) electrons. The molecule has 0 unspecified atom stereocenters. The van der Waals surface area contributed by atoms with Gasteiger partial charge in [-0.05, 0) is 30.7 Å². The number of nitrogens with one attached hydrogen (secondary N) is 3. The summed E-state index contributed by atoms with van der Waals surface area (Å²) < 4.78 is 28.0. The molecule has 2 aliphatic rings. The van der Waals surface area contributed by atoms with Crippen molar-refractivity contribution in [2.45, 2.75) is 18.5 Å². The molecule has 34 heavy (non-hydrogen) atoms. The highest BCUT2D eigenvalue weighted by molar-refractivity contribution is 7.92. The zero-order chi connectivity index (χ0) is 23.3. The van der Waals surface area contributed by atoms with Crippen LogP contribution in [0.1, 0.15) is 6.42 Å². The summed E-state index contributed by atoms with van der Waals surface area (Å²) in [7, 11) is -3.42. The highest BCUT2D eigenvalue weighted by atomic mass is 32.2. The molecule has 2 atom stereocenters. The minimum atomic E-state index is -3.42. The molecule has 2 aliphatic heterocycles. The first kappa shape index (κ1) is 20.8. The molecule has 4 aromatic rings. The first-order valence-electron chi connectivity index (χ1n) is 10.9. The van der Waals surface area contributed by atoms with E-state index in [0.29, 0.717) is 29.4 Å². The summed E-state index contributed by atoms with van der Waals surface area (Å²) in [5.41, 5.74) is 2.02. The maximum Gasteiger partial charge on any atom is 0.229 e. The highest BCUT2D eigenvalue weighted by Gasteiger charge is 2.38.